The fourth-order valence-corrected chi connectivity index (χ4v) is 4.16. The first-order valence-corrected chi connectivity index (χ1v) is 10.1. The van der Waals surface area contributed by atoms with E-state index in [0.29, 0.717) is 33.3 Å². The highest BCUT2D eigenvalue weighted by Crippen LogP contribution is 2.35. The number of para-hydroxylation sites is 1. The van der Waals surface area contributed by atoms with Crippen molar-refractivity contribution in [2.24, 2.45) is 0 Å². The molecule has 1 atom stereocenters. The van der Waals surface area contributed by atoms with E-state index < -0.39 is 0 Å². The molecule has 0 aliphatic rings. The van der Waals surface area contributed by atoms with Crippen LogP contribution in [0.5, 0.6) is 0 Å². The molecule has 0 spiro atoms. The lowest BCUT2D eigenvalue weighted by atomic mass is 9.98. The van der Waals surface area contributed by atoms with E-state index >= 15 is 0 Å². The Labute approximate surface area is 182 Å². The lowest BCUT2D eigenvalue weighted by molar-refractivity contribution is 0.575. The molecule has 0 saturated heterocycles. The number of halogens is 2. The third kappa shape index (κ3) is 3.18. The van der Waals surface area contributed by atoms with Crippen molar-refractivity contribution >= 4 is 39.4 Å². The van der Waals surface area contributed by atoms with Gasteiger partial charge in [0.15, 0.2) is 5.65 Å². The highest BCUT2D eigenvalue weighted by Gasteiger charge is 2.22. The van der Waals surface area contributed by atoms with Crippen LogP contribution in [0.3, 0.4) is 0 Å². The second kappa shape index (κ2) is 7.28. The number of rotatable bonds is 3. The molecule has 3 aromatic heterocycles. The Hall–Kier alpha value is -3.58. The number of nitrogens with two attached hydrogens (primary N) is 1. The summed E-state index contributed by atoms with van der Waals surface area (Å²) in [6.45, 7) is 3.87. The molecule has 5 rings (SSSR count). The minimum Gasteiger partial charge on any atom is -0.383 e. The zero-order valence-electron chi connectivity index (χ0n) is 16.8. The van der Waals surface area contributed by atoms with Gasteiger partial charge in [0.05, 0.1) is 33.4 Å². The molecule has 3 heterocycles. The Bertz CT molecular complexity index is 1460. The summed E-state index contributed by atoms with van der Waals surface area (Å²) >= 11 is 6.41. The Kier molecular flexibility index (Phi) is 4.55. The van der Waals surface area contributed by atoms with Gasteiger partial charge in [0, 0.05) is 16.5 Å². The molecule has 8 heteroatoms. The third-order valence-electron chi connectivity index (χ3n) is 5.43. The van der Waals surface area contributed by atoms with Crippen molar-refractivity contribution in [3.05, 3.63) is 77.0 Å². The number of nitrogen functional groups attached to an aromatic ring is 1. The lowest BCUT2D eigenvalue weighted by Crippen LogP contribution is -2.12. The van der Waals surface area contributed by atoms with Crippen LogP contribution in [0.2, 0.25) is 5.02 Å². The molecule has 2 aromatic carbocycles. The summed E-state index contributed by atoms with van der Waals surface area (Å²) in [5.41, 5.74) is 10.3. The van der Waals surface area contributed by atoms with E-state index in [1.54, 1.807) is 16.8 Å². The molecule has 31 heavy (non-hydrogen) atoms. The second-order valence-corrected chi connectivity index (χ2v) is 7.82. The normalized spacial score (nSPS) is 12.5. The molecule has 0 bridgehead atoms. The molecule has 0 unspecified atom stereocenters. The first-order chi connectivity index (χ1) is 14.9. The van der Waals surface area contributed by atoms with Crippen molar-refractivity contribution in [1.29, 1.82) is 0 Å². The molecule has 5 aromatic rings. The summed E-state index contributed by atoms with van der Waals surface area (Å²) < 4.78 is 15.9. The zero-order chi connectivity index (χ0) is 21.7. The summed E-state index contributed by atoms with van der Waals surface area (Å²) in [5.74, 6) is 0.0489. The average Bonchev–Trinajstić information content (AvgIpc) is 3.10. The van der Waals surface area contributed by atoms with Crippen LogP contribution in [0, 0.1) is 12.7 Å². The Morgan fingerprint density at radius 1 is 1.10 bits per heavy atom. The summed E-state index contributed by atoms with van der Waals surface area (Å²) in [7, 11) is 0. The Morgan fingerprint density at radius 3 is 2.71 bits per heavy atom. The van der Waals surface area contributed by atoms with E-state index in [1.807, 2.05) is 38.1 Å². The standard InChI is InChI=1S/C23H18ClFN6/c1-12-19-22(26)27-11-28-23(19)31(30-12)13(2)17-10-15-6-4-8-18(24)21(15)29-20(17)14-5-3-7-16(25)9-14/h3-11,13H,1-2H3,(H2,26,27,28)/t13-/m0/s1. The molecule has 0 fully saturated rings. The predicted molar refractivity (Wildman–Crippen MR) is 120 cm³/mol. The maximum atomic E-state index is 14.1. The van der Waals surface area contributed by atoms with E-state index in [1.165, 1.54) is 18.5 Å². The lowest BCUT2D eigenvalue weighted by Gasteiger charge is -2.19. The van der Waals surface area contributed by atoms with Gasteiger partial charge in [-0.2, -0.15) is 5.10 Å². The molecule has 0 aliphatic carbocycles. The number of fused-ring (bicyclic) bond motifs is 2. The number of hydrogen-bond acceptors (Lipinski definition) is 5. The maximum absolute atomic E-state index is 14.1. The van der Waals surface area contributed by atoms with Crippen LogP contribution in [-0.2, 0) is 0 Å². The van der Waals surface area contributed by atoms with Gasteiger partial charge in [0.2, 0.25) is 0 Å². The summed E-state index contributed by atoms with van der Waals surface area (Å²) in [4.78, 5) is 13.3. The van der Waals surface area contributed by atoms with Crippen molar-refractivity contribution in [3.63, 3.8) is 0 Å². The van der Waals surface area contributed by atoms with Crippen LogP contribution in [-0.4, -0.2) is 24.7 Å². The van der Waals surface area contributed by atoms with Gasteiger partial charge in [-0.25, -0.2) is 24.0 Å². The average molecular weight is 433 g/mol. The summed E-state index contributed by atoms with van der Waals surface area (Å²) in [6, 6.07) is 13.7. The topological polar surface area (TPSA) is 82.5 Å². The minimum atomic E-state index is -0.335. The van der Waals surface area contributed by atoms with Crippen LogP contribution >= 0.6 is 11.6 Å². The first kappa shape index (κ1) is 19.4. The van der Waals surface area contributed by atoms with Gasteiger partial charge in [-0.3, -0.25) is 0 Å². The van der Waals surface area contributed by atoms with Crippen LogP contribution in [0.4, 0.5) is 10.2 Å². The van der Waals surface area contributed by atoms with Crippen LogP contribution in [0.15, 0.2) is 54.9 Å². The van der Waals surface area contributed by atoms with Gasteiger partial charge < -0.3 is 5.73 Å². The molecule has 0 amide bonds. The summed E-state index contributed by atoms with van der Waals surface area (Å²) in [5, 5.41) is 6.83. The SMILES string of the molecule is Cc1nn([C@@H](C)c2cc3cccc(Cl)c3nc2-c2cccc(F)c2)c2ncnc(N)c12. The molecule has 0 radical (unpaired) electrons. The van der Waals surface area contributed by atoms with Crippen molar-refractivity contribution in [2.75, 3.05) is 5.73 Å². The van der Waals surface area contributed by atoms with E-state index in [0.717, 1.165) is 22.0 Å². The van der Waals surface area contributed by atoms with Gasteiger partial charge in [-0.05, 0) is 38.1 Å². The van der Waals surface area contributed by atoms with Gasteiger partial charge >= 0.3 is 0 Å². The fraction of sp³-hybridized carbons (Fsp3) is 0.130. The van der Waals surface area contributed by atoms with Crippen LogP contribution < -0.4 is 5.73 Å². The van der Waals surface area contributed by atoms with Gasteiger partial charge in [-0.15, -0.1) is 0 Å². The smallest absolute Gasteiger partial charge is 0.164 e. The number of nitrogens with zero attached hydrogens (tertiary/aromatic N) is 5. The first-order valence-electron chi connectivity index (χ1n) is 9.74. The van der Waals surface area contributed by atoms with Gasteiger partial charge in [-0.1, -0.05) is 35.9 Å². The number of aryl methyl sites for hydroxylation is 1. The minimum absolute atomic E-state index is 0.264. The highest BCUT2D eigenvalue weighted by atomic mass is 35.5. The number of aromatic nitrogens is 5. The number of benzene rings is 2. The van der Waals surface area contributed by atoms with Gasteiger partial charge in [0.25, 0.3) is 0 Å². The summed E-state index contributed by atoms with van der Waals surface area (Å²) in [6.07, 6.45) is 1.42. The molecule has 2 N–H and O–H groups in total. The molecule has 6 nitrogen and oxygen atoms in total. The monoisotopic (exact) mass is 432 g/mol. The fourth-order valence-electron chi connectivity index (χ4n) is 3.94. The van der Waals surface area contributed by atoms with E-state index in [2.05, 4.69) is 15.1 Å². The Balaban J connectivity index is 1.80. The van der Waals surface area contributed by atoms with Gasteiger partial charge in [0.1, 0.15) is 18.0 Å². The number of pyridine rings is 1. The second-order valence-electron chi connectivity index (χ2n) is 7.41. The predicted octanol–water partition coefficient (Wildman–Crippen LogP) is 5.33. The zero-order valence-corrected chi connectivity index (χ0v) is 17.6. The quantitative estimate of drug-likeness (QED) is 0.416. The van der Waals surface area contributed by atoms with E-state index in [-0.39, 0.29) is 11.9 Å². The number of hydrogen-bond donors (Lipinski definition) is 1. The molecular weight excluding hydrogens is 415 g/mol. The largest absolute Gasteiger partial charge is 0.383 e. The van der Waals surface area contributed by atoms with Crippen molar-refractivity contribution in [2.45, 2.75) is 19.9 Å². The molecule has 0 aliphatic heterocycles. The third-order valence-corrected chi connectivity index (χ3v) is 5.74. The van der Waals surface area contributed by atoms with Crippen LogP contribution in [0.25, 0.3) is 33.2 Å². The Morgan fingerprint density at radius 2 is 1.90 bits per heavy atom. The molecule has 154 valence electrons. The van der Waals surface area contributed by atoms with E-state index in [9.17, 15) is 4.39 Å². The molecule has 0 saturated carbocycles. The van der Waals surface area contributed by atoms with Crippen molar-refractivity contribution in [1.82, 2.24) is 24.7 Å². The van der Waals surface area contributed by atoms with Crippen LogP contribution in [0.1, 0.15) is 24.2 Å². The van der Waals surface area contributed by atoms with E-state index in [4.69, 9.17) is 22.3 Å². The van der Waals surface area contributed by atoms with Crippen molar-refractivity contribution < 1.29 is 4.39 Å². The van der Waals surface area contributed by atoms with Crippen molar-refractivity contribution in [3.8, 4) is 11.3 Å². The highest BCUT2D eigenvalue weighted by molar-refractivity contribution is 6.35. The number of anilines is 1. The maximum Gasteiger partial charge on any atom is 0.164 e. The molecular formula is C23H18ClFN6.